The topological polar surface area (TPSA) is 48.9 Å². The molecular formula is C23H30F3IN4O. The Kier molecular flexibility index (Phi) is 10.6. The molecule has 0 bridgehead atoms. The summed E-state index contributed by atoms with van der Waals surface area (Å²) in [6.45, 7) is 1.97. The van der Waals surface area contributed by atoms with Crippen LogP contribution in [0.25, 0.3) is 0 Å². The molecule has 1 fully saturated rings. The van der Waals surface area contributed by atoms with Crippen molar-refractivity contribution < 1.29 is 17.9 Å². The molecule has 0 aliphatic carbocycles. The first-order valence-corrected chi connectivity index (χ1v) is 10.4. The van der Waals surface area contributed by atoms with E-state index in [0.29, 0.717) is 5.96 Å². The molecule has 0 atom stereocenters. The van der Waals surface area contributed by atoms with Crippen LogP contribution in [0.2, 0.25) is 0 Å². The Morgan fingerprint density at radius 3 is 2.53 bits per heavy atom. The first kappa shape index (κ1) is 26.2. The van der Waals surface area contributed by atoms with Gasteiger partial charge in [-0.1, -0.05) is 30.3 Å². The van der Waals surface area contributed by atoms with Crippen LogP contribution in [0.15, 0.2) is 47.5 Å². The number of hydrogen-bond donors (Lipinski definition) is 2. The Balaban J connectivity index is 0.00000363. The summed E-state index contributed by atoms with van der Waals surface area (Å²) in [5, 5.41) is 6.36. The van der Waals surface area contributed by atoms with E-state index in [1.54, 1.807) is 7.05 Å². The molecule has 3 rings (SSSR count). The van der Waals surface area contributed by atoms with Crippen LogP contribution in [0.1, 0.15) is 29.5 Å². The van der Waals surface area contributed by atoms with Gasteiger partial charge in [-0.2, -0.15) is 8.78 Å². The van der Waals surface area contributed by atoms with Crippen LogP contribution in [0.4, 0.5) is 13.2 Å². The summed E-state index contributed by atoms with van der Waals surface area (Å²) in [5.74, 6) is -0.281. The van der Waals surface area contributed by atoms with E-state index in [-0.39, 0.29) is 47.9 Å². The average molecular weight is 562 g/mol. The largest absolute Gasteiger partial charge is 0.434 e. The highest BCUT2D eigenvalue weighted by atomic mass is 127. The van der Waals surface area contributed by atoms with Gasteiger partial charge in [-0.15, -0.1) is 24.0 Å². The average Bonchev–Trinajstić information content (AvgIpc) is 2.75. The highest BCUT2D eigenvalue weighted by molar-refractivity contribution is 14.0. The van der Waals surface area contributed by atoms with E-state index in [4.69, 9.17) is 0 Å². The SMILES string of the molecule is CN=C(NCc1c(F)cccc1OC(F)F)NC1CCN(Cc2ccccc2C)CC1.I. The van der Waals surface area contributed by atoms with Crippen molar-refractivity contribution in [1.29, 1.82) is 0 Å². The van der Waals surface area contributed by atoms with Gasteiger partial charge in [-0.05, 0) is 43.0 Å². The number of hydrogen-bond acceptors (Lipinski definition) is 3. The minimum Gasteiger partial charge on any atom is -0.434 e. The van der Waals surface area contributed by atoms with Gasteiger partial charge in [0.05, 0.1) is 0 Å². The standard InChI is InChI=1S/C23H29F3N4O.HI/c1-16-6-3-4-7-17(16)15-30-12-10-18(11-13-30)29-23(27-2)28-14-19-20(24)8-5-9-21(19)31-22(25)26;/h3-9,18,22H,10-15H2,1-2H3,(H2,27,28,29);1H. The van der Waals surface area contributed by atoms with Crippen LogP contribution in [0, 0.1) is 12.7 Å². The molecule has 9 heteroatoms. The number of alkyl halides is 2. The van der Waals surface area contributed by atoms with E-state index in [2.05, 4.69) is 56.5 Å². The summed E-state index contributed by atoms with van der Waals surface area (Å²) in [7, 11) is 1.63. The number of aliphatic imine (C=N–C) groups is 1. The van der Waals surface area contributed by atoms with E-state index in [1.165, 1.54) is 29.3 Å². The number of piperidine rings is 1. The Bertz CT molecular complexity index is 889. The minimum atomic E-state index is -3.01. The van der Waals surface area contributed by atoms with Gasteiger partial charge in [0.15, 0.2) is 5.96 Å². The summed E-state index contributed by atoms with van der Waals surface area (Å²) in [4.78, 5) is 6.62. The van der Waals surface area contributed by atoms with E-state index in [1.807, 2.05) is 0 Å². The monoisotopic (exact) mass is 562 g/mol. The van der Waals surface area contributed by atoms with Crippen LogP contribution in [-0.2, 0) is 13.1 Å². The lowest BCUT2D eigenvalue weighted by Crippen LogP contribution is -2.48. The second kappa shape index (κ2) is 12.9. The van der Waals surface area contributed by atoms with Crippen molar-refractivity contribution in [1.82, 2.24) is 15.5 Å². The molecule has 0 amide bonds. The van der Waals surface area contributed by atoms with Crippen molar-refractivity contribution in [2.24, 2.45) is 4.99 Å². The third-order valence-electron chi connectivity index (χ3n) is 5.53. The zero-order valence-corrected chi connectivity index (χ0v) is 20.6. The normalized spacial score (nSPS) is 15.4. The Morgan fingerprint density at radius 2 is 1.88 bits per heavy atom. The van der Waals surface area contributed by atoms with E-state index in [9.17, 15) is 13.2 Å². The predicted octanol–water partition coefficient (Wildman–Crippen LogP) is 4.68. The molecule has 1 aliphatic heterocycles. The maximum atomic E-state index is 14.1. The van der Waals surface area contributed by atoms with Gasteiger partial charge in [0.1, 0.15) is 11.6 Å². The number of aryl methyl sites for hydroxylation is 1. The van der Waals surface area contributed by atoms with Crippen molar-refractivity contribution >= 4 is 29.9 Å². The zero-order valence-electron chi connectivity index (χ0n) is 18.3. The Labute approximate surface area is 204 Å². The fourth-order valence-corrected chi connectivity index (χ4v) is 3.74. The van der Waals surface area contributed by atoms with Crippen molar-refractivity contribution in [3.8, 4) is 5.75 Å². The van der Waals surface area contributed by atoms with Gasteiger partial charge >= 0.3 is 6.61 Å². The van der Waals surface area contributed by atoms with E-state index >= 15 is 0 Å². The quantitative estimate of drug-likeness (QED) is 0.293. The maximum Gasteiger partial charge on any atom is 0.387 e. The lowest BCUT2D eigenvalue weighted by Gasteiger charge is -2.33. The number of guanidine groups is 1. The molecule has 0 unspecified atom stereocenters. The summed E-state index contributed by atoms with van der Waals surface area (Å²) < 4.78 is 43.7. The van der Waals surface area contributed by atoms with Gasteiger partial charge in [0, 0.05) is 44.8 Å². The number of benzene rings is 2. The first-order chi connectivity index (χ1) is 15.0. The molecule has 0 radical (unpaired) electrons. The third kappa shape index (κ3) is 7.54. The maximum absolute atomic E-state index is 14.1. The zero-order chi connectivity index (χ0) is 22.2. The minimum absolute atomic E-state index is 0. The predicted molar refractivity (Wildman–Crippen MR) is 131 cm³/mol. The molecule has 1 saturated heterocycles. The van der Waals surface area contributed by atoms with Crippen LogP contribution < -0.4 is 15.4 Å². The number of rotatable bonds is 7. The number of ether oxygens (including phenoxy) is 1. The third-order valence-corrected chi connectivity index (χ3v) is 5.53. The molecule has 5 nitrogen and oxygen atoms in total. The molecular weight excluding hydrogens is 532 g/mol. The molecule has 176 valence electrons. The van der Waals surface area contributed by atoms with Gasteiger partial charge in [-0.3, -0.25) is 9.89 Å². The molecule has 0 saturated carbocycles. The van der Waals surface area contributed by atoms with Gasteiger partial charge in [0.25, 0.3) is 0 Å². The lowest BCUT2D eigenvalue weighted by molar-refractivity contribution is -0.0506. The molecule has 32 heavy (non-hydrogen) atoms. The van der Waals surface area contributed by atoms with Crippen LogP contribution in [0.5, 0.6) is 5.75 Å². The molecule has 0 spiro atoms. The van der Waals surface area contributed by atoms with E-state index in [0.717, 1.165) is 32.5 Å². The van der Waals surface area contributed by atoms with Crippen molar-refractivity contribution in [2.75, 3.05) is 20.1 Å². The fraction of sp³-hybridized carbons (Fsp3) is 0.435. The summed E-state index contributed by atoms with van der Waals surface area (Å²) in [6.07, 6.45) is 1.90. The molecule has 2 aromatic rings. The van der Waals surface area contributed by atoms with Gasteiger partial charge in [-0.25, -0.2) is 4.39 Å². The number of halogens is 4. The van der Waals surface area contributed by atoms with Crippen LogP contribution in [0.3, 0.4) is 0 Å². The highest BCUT2D eigenvalue weighted by Crippen LogP contribution is 2.23. The second-order valence-corrected chi connectivity index (χ2v) is 7.64. The second-order valence-electron chi connectivity index (χ2n) is 7.64. The molecule has 1 heterocycles. The number of nitrogens with one attached hydrogen (secondary N) is 2. The van der Waals surface area contributed by atoms with Gasteiger partial charge in [0.2, 0.25) is 0 Å². The van der Waals surface area contributed by atoms with Crippen LogP contribution >= 0.6 is 24.0 Å². The highest BCUT2D eigenvalue weighted by Gasteiger charge is 2.21. The van der Waals surface area contributed by atoms with Crippen molar-refractivity contribution in [3.63, 3.8) is 0 Å². The summed E-state index contributed by atoms with van der Waals surface area (Å²) in [6, 6.07) is 12.5. The van der Waals surface area contributed by atoms with E-state index < -0.39 is 12.4 Å². The lowest BCUT2D eigenvalue weighted by atomic mass is 10.0. The molecule has 2 N–H and O–H groups in total. The van der Waals surface area contributed by atoms with Crippen LogP contribution in [-0.4, -0.2) is 43.6 Å². The van der Waals surface area contributed by atoms with Gasteiger partial charge < -0.3 is 15.4 Å². The Morgan fingerprint density at radius 1 is 1.16 bits per heavy atom. The number of likely N-dealkylation sites (tertiary alicyclic amines) is 1. The molecule has 2 aromatic carbocycles. The van der Waals surface area contributed by atoms with Crippen molar-refractivity contribution in [2.45, 2.75) is 45.5 Å². The molecule has 0 aromatic heterocycles. The Hall–Kier alpha value is -2.01. The number of nitrogens with zero attached hydrogens (tertiary/aromatic N) is 2. The fourth-order valence-electron chi connectivity index (χ4n) is 3.74. The first-order valence-electron chi connectivity index (χ1n) is 10.4. The van der Waals surface area contributed by atoms with Crippen molar-refractivity contribution in [3.05, 3.63) is 65.0 Å². The smallest absolute Gasteiger partial charge is 0.387 e. The molecule has 1 aliphatic rings. The summed E-state index contributed by atoms with van der Waals surface area (Å²) in [5.41, 5.74) is 2.69. The summed E-state index contributed by atoms with van der Waals surface area (Å²) >= 11 is 0.